The third-order valence-electron chi connectivity index (χ3n) is 5.26. The molecule has 0 aliphatic rings. The molecule has 1 aromatic heterocycles. The van der Waals surface area contributed by atoms with E-state index in [0.717, 1.165) is 5.56 Å². The van der Waals surface area contributed by atoms with E-state index in [4.69, 9.17) is 16.0 Å². The van der Waals surface area contributed by atoms with Crippen LogP contribution in [0.3, 0.4) is 0 Å². The number of furan rings is 1. The van der Waals surface area contributed by atoms with Crippen LogP contribution >= 0.6 is 11.6 Å². The van der Waals surface area contributed by atoms with E-state index in [0.29, 0.717) is 10.7 Å². The molecule has 0 saturated carbocycles. The summed E-state index contributed by atoms with van der Waals surface area (Å²) in [4.78, 5) is 12.6. The van der Waals surface area contributed by atoms with Gasteiger partial charge in [-0.05, 0) is 66.2 Å². The molecule has 0 bridgehead atoms. The van der Waals surface area contributed by atoms with Crippen molar-refractivity contribution in [1.29, 1.82) is 0 Å². The van der Waals surface area contributed by atoms with Crippen LogP contribution in [-0.2, 0) is 26.4 Å². The first-order chi connectivity index (χ1) is 17.1. The third-order valence-corrected chi connectivity index (χ3v) is 8.97. The van der Waals surface area contributed by atoms with E-state index >= 15 is 0 Å². The van der Waals surface area contributed by atoms with Gasteiger partial charge in [0, 0.05) is 24.3 Å². The Morgan fingerprint density at radius 3 is 2.08 bits per heavy atom. The highest BCUT2D eigenvalue weighted by Crippen LogP contribution is 2.25. The van der Waals surface area contributed by atoms with Crippen molar-refractivity contribution in [2.75, 3.05) is 12.4 Å². The molecule has 4 aromatic rings. The number of anilines is 1. The van der Waals surface area contributed by atoms with Gasteiger partial charge in [0.1, 0.15) is 0 Å². The highest BCUT2D eigenvalue weighted by molar-refractivity contribution is 7.91. The Balaban J connectivity index is 1.45. The topological polar surface area (TPSA) is 114 Å². The highest BCUT2D eigenvalue weighted by Gasteiger charge is 2.24. The van der Waals surface area contributed by atoms with Crippen LogP contribution in [0, 0.1) is 0 Å². The van der Waals surface area contributed by atoms with Gasteiger partial charge in [0.15, 0.2) is 5.76 Å². The number of carbonyl (C=O) groups is 1. The maximum absolute atomic E-state index is 12.9. The summed E-state index contributed by atoms with van der Waals surface area (Å²) < 4.78 is 57.7. The molecule has 186 valence electrons. The lowest BCUT2D eigenvalue weighted by Crippen LogP contribution is -2.26. The molecule has 0 aliphatic carbocycles. The van der Waals surface area contributed by atoms with Gasteiger partial charge in [0.25, 0.3) is 5.91 Å². The van der Waals surface area contributed by atoms with E-state index < -0.39 is 30.9 Å². The number of hydrogen-bond donors (Lipinski definition) is 1. The Labute approximate surface area is 214 Å². The lowest BCUT2D eigenvalue weighted by Gasteiger charge is -2.17. The van der Waals surface area contributed by atoms with E-state index in [-0.39, 0.29) is 22.1 Å². The van der Waals surface area contributed by atoms with Crippen molar-refractivity contribution in [3.63, 3.8) is 0 Å². The third kappa shape index (κ3) is 5.52. The largest absolute Gasteiger partial charge is 0.439 e. The fraction of sp³-hybridized carbons (Fsp3) is 0.0800. The first-order valence-electron chi connectivity index (χ1n) is 10.6. The number of sulfone groups is 1. The fourth-order valence-electron chi connectivity index (χ4n) is 3.32. The average Bonchev–Trinajstić information content (AvgIpc) is 3.37. The molecule has 0 aliphatic heterocycles. The standard InChI is InChI=1S/C25H21ClN2O6S2/c1-28(17-18-5-3-2-4-6-18)36(32,33)22-13-9-20(10-14-22)27-25(29)23-15-16-24(34-23)35(30,31)21-11-7-19(26)8-12-21/h2-16H,17H2,1H3,(H,27,29). The van der Waals surface area contributed by atoms with E-state index in [9.17, 15) is 21.6 Å². The number of rotatable bonds is 8. The van der Waals surface area contributed by atoms with Crippen LogP contribution in [0.25, 0.3) is 0 Å². The van der Waals surface area contributed by atoms with Crippen molar-refractivity contribution in [2.24, 2.45) is 0 Å². The zero-order valence-electron chi connectivity index (χ0n) is 19.0. The van der Waals surface area contributed by atoms with Crippen LogP contribution in [-0.4, -0.2) is 34.1 Å². The van der Waals surface area contributed by atoms with Crippen molar-refractivity contribution in [3.05, 3.63) is 107 Å². The molecule has 1 heterocycles. The van der Waals surface area contributed by atoms with Gasteiger partial charge in [-0.1, -0.05) is 41.9 Å². The summed E-state index contributed by atoms with van der Waals surface area (Å²) in [5, 5.41) is 2.56. The van der Waals surface area contributed by atoms with Crippen molar-refractivity contribution in [3.8, 4) is 0 Å². The summed E-state index contributed by atoms with van der Waals surface area (Å²) in [6.45, 7) is 0.210. The summed E-state index contributed by atoms with van der Waals surface area (Å²) in [6.07, 6.45) is 0. The molecule has 0 unspecified atom stereocenters. The van der Waals surface area contributed by atoms with Crippen LogP contribution in [0.5, 0.6) is 0 Å². The minimum atomic E-state index is -3.97. The smallest absolute Gasteiger partial charge is 0.291 e. The summed E-state index contributed by atoms with van der Waals surface area (Å²) in [5.41, 5.74) is 1.16. The molecule has 0 radical (unpaired) electrons. The average molecular weight is 545 g/mol. The fourth-order valence-corrected chi connectivity index (χ4v) is 5.78. The first-order valence-corrected chi connectivity index (χ1v) is 13.9. The Kier molecular flexibility index (Phi) is 7.32. The van der Waals surface area contributed by atoms with Crippen LogP contribution in [0.4, 0.5) is 5.69 Å². The molecular weight excluding hydrogens is 524 g/mol. The molecule has 1 amide bonds. The summed E-state index contributed by atoms with van der Waals surface area (Å²) in [6, 6.07) is 22.8. The van der Waals surface area contributed by atoms with Crippen molar-refractivity contribution < 1.29 is 26.0 Å². The number of halogens is 1. The van der Waals surface area contributed by atoms with Crippen LogP contribution in [0.1, 0.15) is 16.1 Å². The van der Waals surface area contributed by atoms with E-state index in [1.54, 1.807) is 0 Å². The predicted molar refractivity (Wildman–Crippen MR) is 135 cm³/mol. The maximum atomic E-state index is 12.9. The molecule has 0 saturated heterocycles. The molecular formula is C25H21ClN2O6S2. The maximum Gasteiger partial charge on any atom is 0.291 e. The zero-order chi connectivity index (χ0) is 25.9. The molecule has 3 aromatic carbocycles. The van der Waals surface area contributed by atoms with Gasteiger partial charge in [0.05, 0.1) is 9.79 Å². The van der Waals surface area contributed by atoms with Gasteiger partial charge >= 0.3 is 0 Å². The summed E-state index contributed by atoms with van der Waals surface area (Å²) in [5.74, 6) is -0.911. The number of sulfonamides is 1. The SMILES string of the molecule is CN(Cc1ccccc1)S(=O)(=O)c1ccc(NC(=O)c2ccc(S(=O)(=O)c3ccc(Cl)cc3)o2)cc1. The Morgan fingerprint density at radius 2 is 1.44 bits per heavy atom. The number of benzene rings is 3. The van der Waals surface area contributed by atoms with Crippen molar-refractivity contribution in [1.82, 2.24) is 4.31 Å². The molecule has 0 spiro atoms. The molecule has 1 N–H and O–H groups in total. The normalized spacial score (nSPS) is 12.0. The van der Waals surface area contributed by atoms with Crippen LogP contribution < -0.4 is 5.32 Å². The summed E-state index contributed by atoms with van der Waals surface area (Å²) in [7, 11) is -6.23. The van der Waals surface area contributed by atoms with E-state index in [1.165, 1.54) is 72.0 Å². The lowest BCUT2D eigenvalue weighted by molar-refractivity contribution is 0.0991. The second-order valence-corrected chi connectivity index (χ2v) is 12.2. The van der Waals surface area contributed by atoms with Gasteiger partial charge in [0.2, 0.25) is 25.0 Å². The number of carbonyl (C=O) groups excluding carboxylic acids is 1. The molecule has 4 rings (SSSR count). The van der Waals surface area contributed by atoms with Gasteiger partial charge < -0.3 is 9.73 Å². The summed E-state index contributed by atoms with van der Waals surface area (Å²) >= 11 is 5.81. The molecule has 36 heavy (non-hydrogen) atoms. The predicted octanol–water partition coefficient (Wildman–Crippen LogP) is 4.84. The van der Waals surface area contributed by atoms with Gasteiger partial charge in [-0.25, -0.2) is 16.8 Å². The lowest BCUT2D eigenvalue weighted by atomic mass is 10.2. The quantitative estimate of drug-likeness (QED) is 0.339. The first kappa shape index (κ1) is 25.6. The molecule has 11 heteroatoms. The van der Waals surface area contributed by atoms with Gasteiger partial charge in [-0.3, -0.25) is 4.79 Å². The van der Waals surface area contributed by atoms with E-state index in [2.05, 4.69) is 5.32 Å². The Morgan fingerprint density at radius 1 is 0.833 bits per heavy atom. The Bertz CT molecular complexity index is 1580. The van der Waals surface area contributed by atoms with Crippen molar-refractivity contribution >= 4 is 43.1 Å². The van der Waals surface area contributed by atoms with Gasteiger partial charge in [-0.15, -0.1) is 0 Å². The minimum absolute atomic E-state index is 0.0257. The molecule has 0 fully saturated rings. The molecule has 8 nitrogen and oxygen atoms in total. The van der Waals surface area contributed by atoms with Crippen LogP contribution in [0.15, 0.2) is 110 Å². The monoisotopic (exact) mass is 544 g/mol. The number of hydrogen-bond acceptors (Lipinski definition) is 6. The Hall–Kier alpha value is -3.44. The highest BCUT2D eigenvalue weighted by atomic mass is 35.5. The van der Waals surface area contributed by atoms with E-state index in [1.807, 2.05) is 30.3 Å². The minimum Gasteiger partial charge on any atom is -0.439 e. The van der Waals surface area contributed by atoms with Crippen LogP contribution in [0.2, 0.25) is 5.02 Å². The number of nitrogens with one attached hydrogen (secondary N) is 1. The number of amides is 1. The van der Waals surface area contributed by atoms with Gasteiger partial charge in [-0.2, -0.15) is 4.31 Å². The second kappa shape index (κ2) is 10.3. The van der Waals surface area contributed by atoms with Crippen molar-refractivity contribution in [2.45, 2.75) is 21.4 Å². The number of nitrogens with zero attached hydrogens (tertiary/aromatic N) is 1. The molecule has 0 atom stereocenters. The second-order valence-electron chi connectivity index (χ2n) is 7.80. The zero-order valence-corrected chi connectivity index (χ0v) is 21.3.